The molecule has 16 heavy (non-hydrogen) atoms. The van der Waals surface area contributed by atoms with Crippen molar-refractivity contribution in [1.82, 2.24) is 0 Å². The number of ether oxygens (including phenoxy) is 2. The first-order valence-electron chi connectivity index (χ1n) is 5.38. The molecule has 3 rings (SSSR count). The minimum atomic E-state index is 0.332. The van der Waals surface area contributed by atoms with Gasteiger partial charge in [-0.1, -0.05) is 30.3 Å². The highest BCUT2D eigenvalue weighted by atomic mass is 16.7. The standard InChI is InChI=1S/C14H12O2/c1-2-4-12-7-13(6-5-11(12)3-1)14-8-15-10-16-9-14/h2-7,10,14H,8-9H2. The van der Waals surface area contributed by atoms with E-state index < -0.39 is 0 Å². The third-order valence-corrected chi connectivity index (χ3v) is 2.91. The minimum absolute atomic E-state index is 0.332. The first-order valence-corrected chi connectivity index (χ1v) is 5.38. The van der Waals surface area contributed by atoms with Crippen LogP contribution < -0.4 is 0 Å². The Bertz CT molecular complexity index is 487. The molecule has 2 aromatic rings. The van der Waals surface area contributed by atoms with E-state index in [2.05, 4.69) is 30.3 Å². The Morgan fingerprint density at radius 3 is 2.81 bits per heavy atom. The maximum atomic E-state index is 5.20. The fourth-order valence-corrected chi connectivity index (χ4v) is 2.00. The highest BCUT2D eigenvalue weighted by Gasteiger charge is 2.16. The van der Waals surface area contributed by atoms with Gasteiger partial charge in [0.2, 0.25) is 6.79 Å². The number of rotatable bonds is 1. The van der Waals surface area contributed by atoms with Crippen LogP contribution >= 0.6 is 0 Å². The minimum Gasteiger partial charge on any atom is -0.347 e. The Hall–Kier alpha value is -1.38. The second-order valence-electron chi connectivity index (χ2n) is 3.99. The summed E-state index contributed by atoms with van der Waals surface area (Å²) in [6.45, 7) is 2.82. The average molecular weight is 212 g/mol. The van der Waals surface area contributed by atoms with Crippen LogP contribution in [-0.2, 0) is 9.47 Å². The van der Waals surface area contributed by atoms with E-state index in [1.807, 2.05) is 12.1 Å². The lowest BCUT2D eigenvalue weighted by Gasteiger charge is -2.22. The van der Waals surface area contributed by atoms with Crippen LogP contribution in [0, 0.1) is 12.9 Å². The van der Waals surface area contributed by atoms with Crippen LogP contribution in [0.5, 0.6) is 0 Å². The Labute approximate surface area is 94.8 Å². The number of hydrogen-bond acceptors (Lipinski definition) is 2. The maximum Gasteiger partial charge on any atom is 0.209 e. The van der Waals surface area contributed by atoms with Gasteiger partial charge in [0, 0.05) is 5.92 Å². The molecule has 0 bridgehead atoms. The molecule has 2 heteroatoms. The third kappa shape index (κ3) is 1.82. The van der Waals surface area contributed by atoms with Gasteiger partial charge >= 0.3 is 0 Å². The molecule has 0 saturated carbocycles. The Kier molecular flexibility index (Phi) is 2.60. The van der Waals surface area contributed by atoms with Crippen LogP contribution in [0.3, 0.4) is 0 Å². The summed E-state index contributed by atoms with van der Waals surface area (Å²) in [6, 6.07) is 15.6. The van der Waals surface area contributed by atoms with Gasteiger partial charge in [0.05, 0.1) is 13.2 Å². The zero-order chi connectivity index (χ0) is 10.8. The molecule has 0 unspecified atom stereocenters. The Morgan fingerprint density at radius 2 is 1.94 bits per heavy atom. The van der Waals surface area contributed by atoms with Crippen molar-refractivity contribution in [2.45, 2.75) is 5.92 Å². The summed E-state index contributed by atoms with van der Waals surface area (Å²) >= 11 is 0. The van der Waals surface area contributed by atoms with E-state index in [9.17, 15) is 0 Å². The van der Waals surface area contributed by atoms with Crippen molar-refractivity contribution in [3.8, 4) is 0 Å². The first kappa shape index (κ1) is 9.82. The van der Waals surface area contributed by atoms with E-state index in [4.69, 9.17) is 9.47 Å². The molecular formula is C14H12O2. The monoisotopic (exact) mass is 212 g/mol. The topological polar surface area (TPSA) is 18.5 Å². The van der Waals surface area contributed by atoms with Gasteiger partial charge in [-0.15, -0.1) is 0 Å². The lowest BCUT2D eigenvalue weighted by Crippen LogP contribution is -2.19. The Morgan fingerprint density at radius 1 is 1.06 bits per heavy atom. The van der Waals surface area contributed by atoms with Crippen molar-refractivity contribution in [2.24, 2.45) is 0 Å². The van der Waals surface area contributed by atoms with Gasteiger partial charge in [-0.05, 0) is 28.5 Å². The molecule has 1 heterocycles. The largest absolute Gasteiger partial charge is 0.347 e. The summed E-state index contributed by atoms with van der Waals surface area (Å²) in [4.78, 5) is 0. The SMILES string of the molecule is [c]1ccc2cc(C3CO[CH]OC3)ccc2c1. The van der Waals surface area contributed by atoms with Crippen LogP contribution in [0.25, 0.3) is 10.8 Å². The fraction of sp³-hybridized carbons (Fsp3) is 0.214. The van der Waals surface area contributed by atoms with Gasteiger partial charge in [0.1, 0.15) is 0 Å². The lowest BCUT2D eigenvalue weighted by atomic mass is 9.97. The van der Waals surface area contributed by atoms with Gasteiger partial charge in [0.25, 0.3) is 0 Å². The molecule has 0 N–H and O–H groups in total. The quantitative estimate of drug-likeness (QED) is 0.723. The second-order valence-corrected chi connectivity index (χ2v) is 3.99. The second kappa shape index (κ2) is 4.24. The molecule has 2 aromatic carbocycles. The van der Waals surface area contributed by atoms with Crippen LogP contribution in [0.4, 0.5) is 0 Å². The summed E-state index contributed by atoms with van der Waals surface area (Å²) in [6.07, 6.45) is 0. The summed E-state index contributed by atoms with van der Waals surface area (Å²) in [5.74, 6) is 0.332. The predicted molar refractivity (Wildman–Crippen MR) is 61.7 cm³/mol. The molecule has 80 valence electrons. The lowest BCUT2D eigenvalue weighted by molar-refractivity contribution is -0.0415. The first-order chi connectivity index (χ1) is 7.93. The van der Waals surface area contributed by atoms with E-state index in [-0.39, 0.29) is 0 Å². The highest BCUT2D eigenvalue weighted by molar-refractivity contribution is 5.83. The molecule has 0 aromatic heterocycles. The van der Waals surface area contributed by atoms with E-state index in [0.717, 1.165) is 0 Å². The van der Waals surface area contributed by atoms with E-state index in [1.165, 1.54) is 23.1 Å². The highest BCUT2D eigenvalue weighted by Crippen LogP contribution is 2.24. The molecule has 1 aliphatic rings. The van der Waals surface area contributed by atoms with Crippen LogP contribution in [-0.4, -0.2) is 13.2 Å². The van der Waals surface area contributed by atoms with E-state index in [1.54, 1.807) is 0 Å². The van der Waals surface area contributed by atoms with Crippen molar-refractivity contribution in [3.63, 3.8) is 0 Å². The van der Waals surface area contributed by atoms with Crippen molar-refractivity contribution < 1.29 is 9.47 Å². The number of fused-ring (bicyclic) bond motifs is 1. The molecule has 0 atom stereocenters. The van der Waals surface area contributed by atoms with Gasteiger partial charge in [-0.25, -0.2) is 0 Å². The van der Waals surface area contributed by atoms with Crippen LogP contribution in [0.2, 0.25) is 0 Å². The molecule has 1 aliphatic heterocycles. The van der Waals surface area contributed by atoms with Gasteiger partial charge in [0.15, 0.2) is 0 Å². The average Bonchev–Trinajstić information content (AvgIpc) is 2.39. The molecule has 2 radical (unpaired) electrons. The number of hydrogen-bond donors (Lipinski definition) is 0. The normalized spacial score (nSPS) is 17.8. The molecule has 0 aliphatic carbocycles. The molecule has 2 nitrogen and oxygen atoms in total. The molecule has 0 amide bonds. The summed E-state index contributed by atoms with van der Waals surface area (Å²) < 4.78 is 10.4. The Balaban J connectivity index is 1.97. The van der Waals surface area contributed by atoms with E-state index in [0.29, 0.717) is 19.1 Å². The maximum absolute atomic E-state index is 5.20. The zero-order valence-electron chi connectivity index (χ0n) is 8.85. The van der Waals surface area contributed by atoms with Gasteiger partial charge < -0.3 is 9.47 Å². The molecular weight excluding hydrogens is 200 g/mol. The number of benzene rings is 2. The zero-order valence-corrected chi connectivity index (χ0v) is 8.85. The fourth-order valence-electron chi connectivity index (χ4n) is 2.00. The summed E-state index contributed by atoms with van der Waals surface area (Å²) in [7, 11) is 0. The van der Waals surface area contributed by atoms with Crippen molar-refractivity contribution in [1.29, 1.82) is 0 Å². The summed E-state index contributed by atoms with van der Waals surface area (Å²) in [5.41, 5.74) is 1.27. The smallest absolute Gasteiger partial charge is 0.209 e. The van der Waals surface area contributed by atoms with E-state index >= 15 is 0 Å². The molecule has 1 saturated heterocycles. The van der Waals surface area contributed by atoms with Crippen LogP contribution in [0.1, 0.15) is 11.5 Å². The van der Waals surface area contributed by atoms with Gasteiger partial charge in [-0.3, -0.25) is 0 Å². The van der Waals surface area contributed by atoms with Crippen molar-refractivity contribution in [2.75, 3.05) is 13.2 Å². The van der Waals surface area contributed by atoms with Crippen LogP contribution in [0.15, 0.2) is 36.4 Å². The van der Waals surface area contributed by atoms with Crippen molar-refractivity contribution in [3.05, 3.63) is 54.8 Å². The van der Waals surface area contributed by atoms with Gasteiger partial charge in [-0.2, -0.15) is 0 Å². The predicted octanol–water partition coefficient (Wildman–Crippen LogP) is 2.89. The van der Waals surface area contributed by atoms with Crippen molar-refractivity contribution >= 4 is 10.8 Å². The molecule has 0 spiro atoms. The molecule has 1 fully saturated rings. The summed E-state index contributed by atoms with van der Waals surface area (Å²) in [5, 5.41) is 2.46. The third-order valence-electron chi connectivity index (χ3n) is 2.91.